The van der Waals surface area contributed by atoms with Crippen molar-refractivity contribution in [3.05, 3.63) is 81.1 Å². The number of carboxylic acid groups (broad SMARTS) is 1. The lowest BCUT2D eigenvalue weighted by molar-refractivity contribution is -0.131. The van der Waals surface area contributed by atoms with Crippen molar-refractivity contribution in [3.8, 4) is 0 Å². The summed E-state index contributed by atoms with van der Waals surface area (Å²) in [5.41, 5.74) is 3.85. The van der Waals surface area contributed by atoms with Gasteiger partial charge < -0.3 is 9.67 Å². The third-order valence-electron chi connectivity index (χ3n) is 5.10. The topological polar surface area (TPSA) is 83.8 Å². The lowest BCUT2D eigenvalue weighted by Crippen LogP contribution is -2.03. The van der Waals surface area contributed by atoms with Crippen molar-refractivity contribution in [2.75, 3.05) is 0 Å². The lowest BCUT2D eigenvalue weighted by Gasteiger charge is -2.10. The van der Waals surface area contributed by atoms with Crippen LogP contribution in [0.25, 0.3) is 17.0 Å². The Bertz CT molecular complexity index is 1290. The number of aromatic amines is 1. The first-order valence-corrected chi connectivity index (χ1v) is 11.0. The van der Waals surface area contributed by atoms with Crippen LogP contribution in [0.4, 0.5) is 0 Å². The first-order valence-electron chi connectivity index (χ1n) is 9.83. The second-order valence-corrected chi connectivity index (χ2v) is 8.44. The number of aryl methyl sites for hydroxylation is 1. The van der Waals surface area contributed by atoms with Crippen LogP contribution in [-0.4, -0.2) is 30.8 Å². The molecular weight excluding hydrogens is 432 g/mol. The third-order valence-corrected chi connectivity index (χ3v) is 6.35. The van der Waals surface area contributed by atoms with E-state index in [2.05, 4.69) is 19.7 Å². The molecule has 0 unspecified atom stereocenters. The molecule has 2 N–H and O–H groups in total. The number of aliphatic carboxylic acids is 1. The number of H-pyrrole nitrogens is 1. The quantitative estimate of drug-likeness (QED) is 0.283. The van der Waals surface area contributed by atoms with Crippen molar-refractivity contribution < 1.29 is 9.90 Å². The molecule has 0 aliphatic heterocycles. The average Bonchev–Trinajstić information content (AvgIpc) is 3.32. The molecule has 2 heterocycles. The maximum absolute atomic E-state index is 12.0. The van der Waals surface area contributed by atoms with Crippen molar-refractivity contribution in [2.24, 2.45) is 0 Å². The van der Waals surface area contributed by atoms with Crippen molar-refractivity contribution in [2.45, 2.75) is 32.0 Å². The van der Waals surface area contributed by atoms with Gasteiger partial charge in [0.2, 0.25) is 5.16 Å². The summed E-state index contributed by atoms with van der Waals surface area (Å²) < 4.78 is 2.16. The minimum absolute atomic E-state index is 0.158. The Labute approximate surface area is 189 Å². The van der Waals surface area contributed by atoms with Crippen LogP contribution < -0.4 is 0 Å². The van der Waals surface area contributed by atoms with Gasteiger partial charge in [-0.3, -0.25) is 5.10 Å². The van der Waals surface area contributed by atoms with Gasteiger partial charge in [-0.2, -0.15) is 0 Å². The average molecular weight is 453 g/mol. The van der Waals surface area contributed by atoms with E-state index in [1.165, 1.54) is 0 Å². The number of carboxylic acids is 1. The van der Waals surface area contributed by atoms with Gasteiger partial charge in [-0.1, -0.05) is 54.9 Å². The van der Waals surface area contributed by atoms with E-state index in [0.717, 1.165) is 45.3 Å². The summed E-state index contributed by atoms with van der Waals surface area (Å²) in [5.74, 6) is -0.296. The second kappa shape index (κ2) is 8.99. The van der Waals surface area contributed by atoms with Crippen LogP contribution in [0.1, 0.15) is 29.6 Å². The van der Waals surface area contributed by atoms with Crippen LogP contribution in [-0.2, 0) is 17.8 Å². The standard InChI is InChI=1S/C23H21ClN4O2S/c1-3-21-25-23(27-26-21)31-20(22(29)30)12-17-14(2)28(19-11-7-5-9-16(17)19)13-15-8-4-6-10-18(15)24/h4-12H,3,13H2,1-2H3,(H,29,30)(H,25,26,27)/b20-12-. The Morgan fingerprint density at radius 3 is 2.68 bits per heavy atom. The predicted molar refractivity (Wildman–Crippen MR) is 124 cm³/mol. The highest BCUT2D eigenvalue weighted by atomic mass is 35.5. The van der Waals surface area contributed by atoms with Crippen LogP contribution in [0, 0.1) is 6.92 Å². The zero-order chi connectivity index (χ0) is 22.0. The van der Waals surface area contributed by atoms with Gasteiger partial charge in [0.05, 0.1) is 0 Å². The van der Waals surface area contributed by atoms with E-state index in [0.29, 0.717) is 23.1 Å². The predicted octanol–water partition coefficient (Wildman–Crippen LogP) is 5.55. The number of halogens is 1. The molecule has 2 aromatic heterocycles. The molecule has 0 atom stereocenters. The summed E-state index contributed by atoms with van der Waals surface area (Å²) in [6, 6.07) is 15.7. The van der Waals surface area contributed by atoms with Crippen molar-refractivity contribution in [3.63, 3.8) is 0 Å². The normalized spacial score (nSPS) is 11.9. The van der Waals surface area contributed by atoms with Gasteiger partial charge in [-0.25, -0.2) is 9.78 Å². The number of rotatable bonds is 7. The maximum atomic E-state index is 12.0. The molecule has 0 fully saturated rings. The number of hydrogen-bond donors (Lipinski definition) is 2. The number of nitrogens with one attached hydrogen (secondary N) is 1. The molecule has 0 amide bonds. The Morgan fingerprint density at radius 1 is 1.23 bits per heavy atom. The highest BCUT2D eigenvalue weighted by molar-refractivity contribution is 8.04. The summed E-state index contributed by atoms with van der Waals surface area (Å²) in [6.07, 6.45) is 2.41. The number of fused-ring (bicyclic) bond motifs is 1. The van der Waals surface area contributed by atoms with Crippen LogP contribution in [0.5, 0.6) is 0 Å². The van der Waals surface area contributed by atoms with Crippen LogP contribution in [0.3, 0.4) is 0 Å². The fourth-order valence-electron chi connectivity index (χ4n) is 3.49. The molecule has 2 aromatic carbocycles. The molecule has 0 bridgehead atoms. The van der Waals surface area contributed by atoms with Crippen LogP contribution in [0.2, 0.25) is 5.02 Å². The van der Waals surface area contributed by atoms with Gasteiger partial charge in [0.25, 0.3) is 0 Å². The Morgan fingerprint density at radius 2 is 1.97 bits per heavy atom. The fourth-order valence-corrected chi connectivity index (χ4v) is 4.39. The zero-order valence-electron chi connectivity index (χ0n) is 17.1. The molecule has 0 aliphatic rings. The second-order valence-electron chi connectivity index (χ2n) is 7.03. The number of benzene rings is 2. The molecule has 158 valence electrons. The van der Waals surface area contributed by atoms with Gasteiger partial charge in [0, 0.05) is 40.1 Å². The summed E-state index contributed by atoms with van der Waals surface area (Å²) in [5, 5.41) is 18.8. The molecule has 0 spiro atoms. The fraction of sp³-hybridized carbons (Fsp3) is 0.174. The first kappa shape index (κ1) is 21.2. The van der Waals surface area contributed by atoms with Crippen molar-refractivity contribution >= 4 is 46.3 Å². The number of thioether (sulfide) groups is 1. The highest BCUT2D eigenvalue weighted by Crippen LogP contribution is 2.33. The molecule has 0 radical (unpaired) electrons. The smallest absolute Gasteiger partial charge is 0.342 e. The van der Waals surface area contributed by atoms with Crippen molar-refractivity contribution in [1.82, 2.24) is 19.7 Å². The van der Waals surface area contributed by atoms with E-state index in [1.807, 2.05) is 62.4 Å². The van der Waals surface area contributed by atoms with E-state index in [-0.39, 0.29) is 4.91 Å². The molecule has 0 aliphatic carbocycles. The molecular formula is C23H21ClN4O2S. The number of carbonyl (C=O) groups is 1. The van der Waals surface area contributed by atoms with Crippen LogP contribution in [0.15, 0.2) is 58.6 Å². The number of aromatic nitrogens is 4. The Balaban J connectivity index is 1.80. The lowest BCUT2D eigenvalue weighted by atomic mass is 10.1. The number of hydrogen-bond acceptors (Lipinski definition) is 4. The van der Waals surface area contributed by atoms with Gasteiger partial charge >= 0.3 is 5.97 Å². The summed E-state index contributed by atoms with van der Waals surface area (Å²) in [4.78, 5) is 16.5. The van der Waals surface area contributed by atoms with Gasteiger partial charge in [-0.05, 0) is 42.5 Å². The Hall–Kier alpha value is -3.03. The Kier molecular flexibility index (Phi) is 6.15. The monoisotopic (exact) mass is 452 g/mol. The summed E-state index contributed by atoms with van der Waals surface area (Å²) in [7, 11) is 0. The molecule has 4 rings (SSSR count). The molecule has 6 nitrogen and oxygen atoms in total. The third kappa shape index (κ3) is 4.38. The van der Waals surface area contributed by atoms with E-state index in [4.69, 9.17) is 11.6 Å². The minimum Gasteiger partial charge on any atom is -0.477 e. The zero-order valence-corrected chi connectivity index (χ0v) is 18.7. The van der Waals surface area contributed by atoms with E-state index < -0.39 is 5.97 Å². The van der Waals surface area contributed by atoms with E-state index in [1.54, 1.807) is 6.08 Å². The van der Waals surface area contributed by atoms with Gasteiger partial charge in [0.1, 0.15) is 10.7 Å². The van der Waals surface area contributed by atoms with E-state index >= 15 is 0 Å². The summed E-state index contributed by atoms with van der Waals surface area (Å²) in [6.45, 7) is 4.55. The van der Waals surface area contributed by atoms with Crippen molar-refractivity contribution in [1.29, 1.82) is 0 Å². The maximum Gasteiger partial charge on any atom is 0.342 e. The first-order chi connectivity index (χ1) is 15.0. The number of para-hydroxylation sites is 1. The largest absolute Gasteiger partial charge is 0.477 e. The summed E-state index contributed by atoms with van der Waals surface area (Å²) >= 11 is 7.43. The molecule has 0 saturated heterocycles. The minimum atomic E-state index is -1.02. The highest BCUT2D eigenvalue weighted by Gasteiger charge is 2.18. The molecule has 8 heteroatoms. The van der Waals surface area contributed by atoms with Crippen LogP contribution >= 0.6 is 23.4 Å². The SMILES string of the molecule is CCc1nc(S/C(=C\c2c(C)n(Cc3ccccc3Cl)c3ccccc23)C(=O)O)n[nH]1. The molecule has 4 aromatic rings. The van der Waals surface area contributed by atoms with Gasteiger partial charge in [0.15, 0.2) is 0 Å². The molecule has 0 saturated carbocycles. The van der Waals surface area contributed by atoms with Gasteiger partial charge in [-0.15, -0.1) is 5.10 Å². The van der Waals surface area contributed by atoms with E-state index in [9.17, 15) is 9.90 Å². The number of nitrogens with zero attached hydrogens (tertiary/aromatic N) is 3. The molecule has 31 heavy (non-hydrogen) atoms.